The van der Waals surface area contributed by atoms with Crippen LogP contribution in [0.5, 0.6) is 5.75 Å². The van der Waals surface area contributed by atoms with Gasteiger partial charge in [-0.2, -0.15) is 8.42 Å². The van der Waals surface area contributed by atoms with Gasteiger partial charge in [-0.1, -0.05) is 26.8 Å². The van der Waals surface area contributed by atoms with Gasteiger partial charge in [0.15, 0.2) is 5.75 Å². The Balaban J connectivity index is 1.79. The van der Waals surface area contributed by atoms with Crippen LogP contribution in [0.2, 0.25) is 0 Å². The van der Waals surface area contributed by atoms with E-state index >= 15 is 0 Å². The van der Waals surface area contributed by atoms with Gasteiger partial charge in [0, 0.05) is 16.4 Å². The van der Waals surface area contributed by atoms with Crippen LogP contribution in [0.15, 0.2) is 22.6 Å². The van der Waals surface area contributed by atoms with E-state index in [0.717, 1.165) is 5.56 Å². The summed E-state index contributed by atoms with van der Waals surface area (Å²) in [5.41, 5.74) is 0.439. The second-order valence-corrected chi connectivity index (χ2v) is 9.59. The van der Waals surface area contributed by atoms with Crippen molar-refractivity contribution in [1.29, 1.82) is 0 Å². The lowest BCUT2D eigenvalue weighted by molar-refractivity contribution is -0.230. The van der Waals surface area contributed by atoms with Crippen molar-refractivity contribution in [2.75, 3.05) is 0 Å². The average molecular weight is 355 g/mol. The highest BCUT2D eigenvalue weighted by Gasteiger charge is 2.74. The zero-order chi connectivity index (χ0) is 17.5. The van der Waals surface area contributed by atoms with Crippen molar-refractivity contribution in [3.63, 3.8) is 0 Å². The van der Waals surface area contributed by atoms with Gasteiger partial charge in [-0.05, 0) is 42.4 Å². The first-order valence-electron chi connectivity index (χ1n) is 7.94. The molecular formula is C17H19F2NO3S. The van der Waals surface area contributed by atoms with Gasteiger partial charge in [-0.25, -0.2) is 8.78 Å². The van der Waals surface area contributed by atoms with Gasteiger partial charge in [-0.3, -0.25) is 0 Å². The molecule has 0 radical (unpaired) electrons. The molecule has 1 heterocycles. The molecule has 24 heavy (non-hydrogen) atoms. The lowest BCUT2D eigenvalue weighted by atomic mass is 9.33. The van der Waals surface area contributed by atoms with Crippen molar-refractivity contribution >= 4 is 16.0 Å². The maximum absolute atomic E-state index is 13.1. The number of halogens is 2. The third kappa shape index (κ3) is 2.06. The molecule has 0 spiro atoms. The summed E-state index contributed by atoms with van der Waals surface area (Å²) >= 11 is 0. The van der Waals surface area contributed by atoms with Gasteiger partial charge in [0.1, 0.15) is 0 Å². The molecule has 3 saturated carbocycles. The van der Waals surface area contributed by atoms with Crippen LogP contribution >= 0.6 is 0 Å². The molecule has 0 N–H and O–H groups in total. The number of nitrogens with zero attached hydrogens (tertiary/aromatic N) is 1. The molecule has 7 heteroatoms. The molecule has 0 atom stereocenters. The van der Waals surface area contributed by atoms with Gasteiger partial charge >= 0.3 is 10.3 Å². The predicted molar refractivity (Wildman–Crippen MR) is 85.9 cm³/mol. The summed E-state index contributed by atoms with van der Waals surface area (Å²) in [5.74, 6) is 0.240. The minimum Gasteiger partial charge on any atom is -0.365 e. The fourth-order valence-electron chi connectivity index (χ4n) is 4.28. The summed E-state index contributed by atoms with van der Waals surface area (Å²) in [6.45, 7) is 6.16. The van der Waals surface area contributed by atoms with Crippen LogP contribution in [-0.4, -0.2) is 20.6 Å². The number of rotatable bonds is 2. The number of hydrogen-bond acceptors (Lipinski definition) is 3. The number of alkyl halides is 2. The highest BCUT2D eigenvalue weighted by atomic mass is 32.2. The summed E-state index contributed by atoms with van der Waals surface area (Å²) in [5, 5.41) is 0. The minimum atomic E-state index is -4.07. The molecule has 4 aliphatic rings. The van der Waals surface area contributed by atoms with Gasteiger partial charge in [0.2, 0.25) is 6.43 Å². The van der Waals surface area contributed by atoms with Crippen LogP contribution in [0.25, 0.3) is 0 Å². The van der Waals surface area contributed by atoms with Crippen molar-refractivity contribution in [3.05, 3.63) is 29.3 Å². The van der Waals surface area contributed by atoms with Crippen LogP contribution in [-0.2, 0) is 15.7 Å². The quantitative estimate of drug-likeness (QED) is 0.810. The fraction of sp³-hybridized carbons (Fsp3) is 0.588. The van der Waals surface area contributed by atoms with E-state index < -0.39 is 27.6 Å². The first-order valence-corrected chi connectivity index (χ1v) is 9.31. The smallest absolute Gasteiger partial charge is 0.365 e. The van der Waals surface area contributed by atoms with E-state index in [1.165, 1.54) is 0 Å². The highest BCUT2D eigenvalue weighted by molar-refractivity contribution is 7.86. The van der Waals surface area contributed by atoms with E-state index in [9.17, 15) is 17.2 Å². The molecule has 1 aromatic rings. The molecule has 130 valence electrons. The van der Waals surface area contributed by atoms with E-state index in [-0.39, 0.29) is 11.2 Å². The third-order valence-electron chi connectivity index (χ3n) is 5.54. The molecule has 3 aliphatic carbocycles. The number of fused-ring (bicyclic) bond motifs is 1. The first kappa shape index (κ1) is 16.0. The molecule has 0 saturated heterocycles. The Morgan fingerprint density at radius 2 is 1.83 bits per heavy atom. The second-order valence-electron chi connectivity index (χ2n) is 8.39. The molecule has 1 aromatic carbocycles. The van der Waals surface area contributed by atoms with Gasteiger partial charge in [0.05, 0.1) is 5.71 Å². The Morgan fingerprint density at radius 3 is 2.38 bits per heavy atom. The zero-order valence-electron chi connectivity index (χ0n) is 13.8. The molecule has 0 aromatic heterocycles. The lowest BCUT2D eigenvalue weighted by Crippen LogP contribution is -2.68. The monoisotopic (exact) mass is 355 g/mol. The maximum Gasteiger partial charge on any atom is 0.428 e. The summed E-state index contributed by atoms with van der Waals surface area (Å²) in [4.78, 5) is 0. The Morgan fingerprint density at radius 1 is 1.21 bits per heavy atom. The van der Waals surface area contributed by atoms with Crippen LogP contribution < -0.4 is 4.18 Å². The van der Waals surface area contributed by atoms with E-state index in [4.69, 9.17) is 4.18 Å². The van der Waals surface area contributed by atoms with Crippen LogP contribution in [0.1, 0.15) is 51.2 Å². The van der Waals surface area contributed by atoms with Crippen LogP contribution in [0.3, 0.4) is 0 Å². The summed E-state index contributed by atoms with van der Waals surface area (Å²) in [6.07, 6.45) is -1.47. The molecule has 0 unspecified atom stereocenters. The maximum atomic E-state index is 13.1. The van der Waals surface area contributed by atoms with Crippen molar-refractivity contribution in [2.24, 2.45) is 15.2 Å². The SMILES string of the molecule is CC(C)(C)c1ccc2c(c1)C(C13CC(C(F)F)(C1)C3)=NS(=O)(=O)O2. The molecule has 1 aliphatic heterocycles. The predicted octanol–water partition coefficient (Wildman–Crippen LogP) is 3.85. The topological polar surface area (TPSA) is 55.7 Å². The summed E-state index contributed by atoms with van der Waals surface area (Å²) < 4.78 is 59.0. The Hall–Kier alpha value is -1.50. The van der Waals surface area contributed by atoms with Crippen molar-refractivity contribution in [2.45, 2.75) is 51.9 Å². The third-order valence-corrected chi connectivity index (χ3v) is 6.33. The standard InChI is InChI=1S/C17H19F2NO3S/c1-15(2,3)10-4-5-12-11(6-10)13(20-24(21,22)23-12)16-7-17(8-16,9-16)14(18)19/h4-6,14H,7-9H2,1-3H3. The Bertz CT molecular complexity index is 849. The summed E-state index contributed by atoms with van der Waals surface area (Å²) in [6, 6.07) is 5.36. The lowest BCUT2D eigenvalue weighted by Gasteiger charge is -2.70. The van der Waals surface area contributed by atoms with Crippen molar-refractivity contribution < 1.29 is 21.4 Å². The number of benzene rings is 1. The van der Waals surface area contributed by atoms with Crippen molar-refractivity contribution in [3.8, 4) is 5.75 Å². The first-order chi connectivity index (χ1) is 11.0. The molecule has 2 bridgehead atoms. The van der Waals surface area contributed by atoms with Crippen LogP contribution in [0, 0.1) is 10.8 Å². The van der Waals surface area contributed by atoms with Crippen LogP contribution in [0.4, 0.5) is 8.78 Å². The molecular weight excluding hydrogens is 336 g/mol. The molecule has 5 rings (SSSR count). The van der Waals surface area contributed by atoms with E-state index in [2.05, 4.69) is 25.2 Å². The average Bonchev–Trinajstić information content (AvgIpc) is 2.31. The van der Waals surface area contributed by atoms with Gasteiger partial charge in [-0.15, -0.1) is 4.40 Å². The minimum absolute atomic E-state index is 0.125. The van der Waals surface area contributed by atoms with E-state index in [1.807, 2.05) is 12.1 Å². The van der Waals surface area contributed by atoms with E-state index in [0.29, 0.717) is 30.5 Å². The fourth-order valence-corrected chi connectivity index (χ4v) is 5.20. The zero-order valence-corrected chi connectivity index (χ0v) is 14.6. The molecule has 4 nitrogen and oxygen atoms in total. The van der Waals surface area contributed by atoms with Gasteiger partial charge < -0.3 is 4.18 Å². The Kier molecular flexibility index (Phi) is 2.91. The highest BCUT2D eigenvalue weighted by Crippen LogP contribution is 2.76. The van der Waals surface area contributed by atoms with Crippen molar-refractivity contribution in [1.82, 2.24) is 0 Å². The molecule has 3 fully saturated rings. The Labute approximate surface area is 140 Å². The normalized spacial score (nSPS) is 33.0. The second kappa shape index (κ2) is 4.36. The number of hydrogen-bond donors (Lipinski definition) is 0. The van der Waals surface area contributed by atoms with E-state index in [1.54, 1.807) is 6.07 Å². The summed E-state index contributed by atoms with van der Waals surface area (Å²) in [7, 11) is -4.07. The largest absolute Gasteiger partial charge is 0.428 e. The molecule has 0 amide bonds. The van der Waals surface area contributed by atoms with Gasteiger partial charge in [0.25, 0.3) is 0 Å².